The predicted molar refractivity (Wildman–Crippen MR) is 119 cm³/mol. The molecule has 0 atom stereocenters. The minimum absolute atomic E-state index is 0.000512. The van der Waals surface area contributed by atoms with Crippen LogP contribution in [0, 0.1) is 6.92 Å². The third-order valence-corrected chi connectivity index (χ3v) is 5.94. The van der Waals surface area contributed by atoms with Crippen molar-refractivity contribution in [3.8, 4) is 11.3 Å². The fourth-order valence-electron chi connectivity index (χ4n) is 3.07. The molecule has 0 bridgehead atoms. The number of rotatable bonds is 5. The van der Waals surface area contributed by atoms with Crippen molar-refractivity contribution in [3.63, 3.8) is 0 Å². The van der Waals surface area contributed by atoms with Crippen molar-refractivity contribution < 1.29 is 23.9 Å². The first-order valence-electron chi connectivity index (χ1n) is 9.26. The number of thioether (sulfide) groups is 1. The van der Waals surface area contributed by atoms with Crippen LogP contribution >= 0.6 is 23.4 Å². The highest BCUT2D eigenvalue weighted by molar-refractivity contribution is 8.18. The molecular weight excluding hydrogens is 438 g/mol. The van der Waals surface area contributed by atoms with Crippen LogP contribution in [0.15, 0.2) is 63.9 Å². The number of carbonyl (C=O) groups excluding carboxylic acids is 2. The van der Waals surface area contributed by atoms with Gasteiger partial charge in [-0.3, -0.25) is 14.5 Å². The summed E-state index contributed by atoms with van der Waals surface area (Å²) in [5.41, 5.74) is 2.57. The molecule has 2 amide bonds. The molecule has 156 valence electrons. The van der Waals surface area contributed by atoms with Gasteiger partial charge >= 0.3 is 5.97 Å². The van der Waals surface area contributed by atoms with Crippen LogP contribution in [0.2, 0.25) is 5.02 Å². The van der Waals surface area contributed by atoms with Gasteiger partial charge in [0, 0.05) is 11.6 Å². The molecule has 1 aliphatic rings. The Hall–Kier alpha value is -3.29. The first kappa shape index (κ1) is 21.0. The Morgan fingerprint density at radius 2 is 1.87 bits per heavy atom. The highest BCUT2D eigenvalue weighted by Crippen LogP contribution is 2.34. The van der Waals surface area contributed by atoms with Crippen molar-refractivity contribution in [3.05, 3.63) is 87.0 Å². The molecule has 4 rings (SSSR count). The fourth-order valence-corrected chi connectivity index (χ4v) is 4.15. The second kappa shape index (κ2) is 8.45. The molecule has 8 heteroatoms. The topological polar surface area (TPSA) is 87.8 Å². The number of aryl methyl sites for hydroxylation is 1. The molecule has 1 N–H and O–H groups in total. The van der Waals surface area contributed by atoms with Crippen LogP contribution in [0.1, 0.15) is 27.2 Å². The number of hydrogen-bond donors (Lipinski definition) is 1. The average Bonchev–Trinajstić information content (AvgIpc) is 3.29. The average molecular weight is 454 g/mol. The molecule has 1 saturated heterocycles. The van der Waals surface area contributed by atoms with Crippen molar-refractivity contribution in [2.75, 3.05) is 0 Å². The summed E-state index contributed by atoms with van der Waals surface area (Å²) >= 11 is 6.88. The van der Waals surface area contributed by atoms with E-state index in [0.29, 0.717) is 17.1 Å². The highest BCUT2D eigenvalue weighted by Gasteiger charge is 2.35. The molecule has 2 heterocycles. The lowest BCUT2D eigenvalue weighted by molar-refractivity contribution is -0.123. The summed E-state index contributed by atoms with van der Waals surface area (Å²) in [6, 6.07) is 15.5. The Labute approximate surface area is 187 Å². The monoisotopic (exact) mass is 453 g/mol. The first-order chi connectivity index (χ1) is 14.8. The van der Waals surface area contributed by atoms with Gasteiger partial charge in [-0.25, -0.2) is 4.79 Å². The van der Waals surface area contributed by atoms with E-state index in [1.54, 1.807) is 18.2 Å². The third-order valence-electron chi connectivity index (χ3n) is 4.72. The summed E-state index contributed by atoms with van der Waals surface area (Å²) in [6.07, 6.45) is 1.52. The number of hydrogen-bond acceptors (Lipinski definition) is 5. The normalized spacial score (nSPS) is 15.2. The van der Waals surface area contributed by atoms with Gasteiger partial charge < -0.3 is 9.52 Å². The summed E-state index contributed by atoms with van der Waals surface area (Å²) in [7, 11) is 0. The van der Waals surface area contributed by atoms with Crippen molar-refractivity contribution in [2.24, 2.45) is 0 Å². The second-order valence-corrected chi connectivity index (χ2v) is 8.36. The molecular formula is C23H16ClNO5S. The Morgan fingerprint density at radius 1 is 1.13 bits per heavy atom. The summed E-state index contributed by atoms with van der Waals surface area (Å²) < 4.78 is 5.76. The fraction of sp³-hybridized carbons (Fsp3) is 0.0870. The van der Waals surface area contributed by atoms with E-state index in [1.807, 2.05) is 31.2 Å². The van der Waals surface area contributed by atoms with Gasteiger partial charge in [-0.2, -0.15) is 0 Å². The Kier molecular flexibility index (Phi) is 5.71. The van der Waals surface area contributed by atoms with E-state index in [2.05, 4.69) is 0 Å². The van der Waals surface area contributed by atoms with E-state index in [4.69, 9.17) is 21.1 Å². The van der Waals surface area contributed by atoms with Crippen LogP contribution < -0.4 is 0 Å². The molecule has 31 heavy (non-hydrogen) atoms. The zero-order chi connectivity index (χ0) is 22.1. The lowest BCUT2D eigenvalue weighted by Crippen LogP contribution is -2.27. The number of carboxylic acids is 1. The van der Waals surface area contributed by atoms with Gasteiger partial charge in [-0.05, 0) is 48.5 Å². The predicted octanol–water partition coefficient (Wildman–Crippen LogP) is 5.84. The maximum absolute atomic E-state index is 12.7. The maximum atomic E-state index is 12.7. The molecule has 0 unspecified atom stereocenters. The maximum Gasteiger partial charge on any atom is 0.337 e. The van der Waals surface area contributed by atoms with E-state index in [0.717, 1.165) is 22.9 Å². The number of nitrogens with zero attached hydrogens (tertiary/aromatic N) is 1. The molecule has 1 aromatic heterocycles. The molecule has 0 spiro atoms. The van der Waals surface area contributed by atoms with Crippen LogP contribution in [-0.4, -0.2) is 27.1 Å². The minimum Gasteiger partial charge on any atom is -0.478 e. The number of benzene rings is 2. The van der Waals surface area contributed by atoms with Crippen LogP contribution in [0.3, 0.4) is 0 Å². The molecule has 0 saturated carbocycles. The number of carboxylic acid groups (broad SMARTS) is 1. The number of aromatic carboxylic acids is 1. The summed E-state index contributed by atoms with van der Waals surface area (Å²) in [6.45, 7) is 2.18. The second-order valence-electron chi connectivity index (χ2n) is 6.96. The number of imide groups is 1. The Bertz CT molecular complexity index is 1230. The zero-order valence-electron chi connectivity index (χ0n) is 16.3. The molecule has 0 radical (unpaired) electrons. The number of carbonyl (C=O) groups is 3. The summed E-state index contributed by atoms with van der Waals surface area (Å²) in [5.74, 6) is -0.626. The molecule has 0 aliphatic carbocycles. The van der Waals surface area contributed by atoms with Gasteiger partial charge in [0.2, 0.25) is 0 Å². The van der Waals surface area contributed by atoms with E-state index < -0.39 is 5.97 Å². The third kappa shape index (κ3) is 4.42. The van der Waals surface area contributed by atoms with Crippen molar-refractivity contribution >= 4 is 46.6 Å². The van der Waals surface area contributed by atoms with Crippen LogP contribution in [0.5, 0.6) is 0 Å². The molecule has 1 aliphatic heterocycles. The highest BCUT2D eigenvalue weighted by atomic mass is 35.5. The summed E-state index contributed by atoms with van der Waals surface area (Å²) in [4.78, 5) is 37.6. The molecule has 3 aromatic rings. The largest absolute Gasteiger partial charge is 0.478 e. The molecule has 1 fully saturated rings. The van der Waals surface area contributed by atoms with Crippen molar-refractivity contribution in [2.45, 2.75) is 13.5 Å². The van der Waals surface area contributed by atoms with Gasteiger partial charge in [-0.1, -0.05) is 47.5 Å². The van der Waals surface area contributed by atoms with Gasteiger partial charge in [0.05, 0.1) is 22.0 Å². The molecule has 2 aromatic carbocycles. The van der Waals surface area contributed by atoms with E-state index in [1.165, 1.54) is 23.1 Å². The van der Waals surface area contributed by atoms with E-state index in [9.17, 15) is 14.4 Å². The van der Waals surface area contributed by atoms with Crippen LogP contribution in [-0.2, 0) is 11.3 Å². The number of halogens is 1. The smallest absolute Gasteiger partial charge is 0.337 e. The summed E-state index contributed by atoms with van der Waals surface area (Å²) in [5, 5.41) is 8.85. The Balaban J connectivity index is 1.53. The Morgan fingerprint density at radius 3 is 2.55 bits per heavy atom. The number of amides is 2. The quantitative estimate of drug-likeness (QED) is 0.488. The zero-order valence-corrected chi connectivity index (χ0v) is 17.9. The SMILES string of the molecule is Cc1ccc(CN2C(=O)S/C(=C/c3ccc(-c4ccc(C(=O)O)c(Cl)c4)o3)C2=O)cc1. The van der Waals surface area contributed by atoms with E-state index in [-0.39, 0.29) is 33.2 Å². The lowest BCUT2D eigenvalue weighted by Gasteiger charge is -2.12. The standard InChI is InChI=1S/C23H16ClNO5S/c1-13-2-4-14(5-3-13)12-25-21(26)20(31-23(25)29)11-16-7-9-19(30-16)15-6-8-17(22(27)28)18(24)10-15/h2-11H,12H2,1H3,(H,27,28)/b20-11+. The van der Waals surface area contributed by atoms with E-state index >= 15 is 0 Å². The van der Waals surface area contributed by atoms with Crippen molar-refractivity contribution in [1.82, 2.24) is 4.90 Å². The minimum atomic E-state index is -1.11. The first-order valence-corrected chi connectivity index (χ1v) is 10.5. The van der Waals surface area contributed by atoms with Crippen LogP contribution in [0.4, 0.5) is 4.79 Å². The van der Waals surface area contributed by atoms with Crippen molar-refractivity contribution in [1.29, 1.82) is 0 Å². The molecule has 6 nitrogen and oxygen atoms in total. The van der Waals surface area contributed by atoms with Crippen LogP contribution in [0.25, 0.3) is 17.4 Å². The number of furan rings is 1. The van der Waals surface area contributed by atoms with Gasteiger partial charge in [0.1, 0.15) is 11.5 Å². The van der Waals surface area contributed by atoms with Gasteiger partial charge in [-0.15, -0.1) is 0 Å². The van der Waals surface area contributed by atoms with Gasteiger partial charge in [0.25, 0.3) is 11.1 Å². The lowest BCUT2D eigenvalue weighted by atomic mass is 10.1. The van der Waals surface area contributed by atoms with Gasteiger partial charge in [0.15, 0.2) is 0 Å².